The number of hydrogen-bond acceptors (Lipinski definition) is 8. The Morgan fingerprint density at radius 3 is 1.69 bits per heavy atom. The van der Waals surface area contributed by atoms with Gasteiger partial charge in [-0.05, 0) is 64.2 Å². The van der Waals surface area contributed by atoms with Gasteiger partial charge in [0.15, 0.2) is 11.5 Å². The molecule has 5 N–H and O–H groups in total. The summed E-state index contributed by atoms with van der Waals surface area (Å²) >= 11 is 3.52. The van der Waals surface area contributed by atoms with E-state index >= 15 is 0 Å². The van der Waals surface area contributed by atoms with E-state index in [9.17, 15) is 25.5 Å². The molecule has 0 fully saturated rings. The Kier molecular flexibility index (Phi) is 6.58. The molecular weight excluding hydrogens is 687 g/mol. The van der Waals surface area contributed by atoms with Crippen molar-refractivity contribution in [1.29, 1.82) is 0 Å². The third-order valence-corrected chi connectivity index (χ3v) is 12.3. The summed E-state index contributed by atoms with van der Waals surface area (Å²) in [6, 6.07) is 45.7. The smallest absolute Gasteiger partial charge is 0.208 e. The molecule has 0 aliphatic carbocycles. The predicted octanol–water partition coefficient (Wildman–Crippen LogP) is 12.4. The van der Waals surface area contributed by atoms with Crippen LogP contribution in [0.2, 0.25) is 0 Å². The molecule has 0 radical (unpaired) electrons. The third kappa shape index (κ3) is 4.35. The van der Waals surface area contributed by atoms with E-state index in [1.54, 1.807) is 28.7 Å². The predicted molar refractivity (Wildman–Crippen MR) is 216 cm³/mol. The van der Waals surface area contributed by atoms with Gasteiger partial charge in [-0.3, -0.25) is 0 Å². The van der Waals surface area contributed by atoms with Crippen molar-refractivity contribution in [1.82, 2.24) is 0 Å². The maximum Gasteiger partial charge on any atom is 0.208 e. The van der Waals surface area contributed by atoms with Gasteiger partial charge in [0.1, 0.15) is 0 Å². The molecule has 10 aromatic rings. The average molecular weight is 714 g/mol. The van der Waals surface area contributed by atoms with Gasteiger partial charge in [0.05, 0.1) is 11.3 Å². The molecule has 8 aromatic carbocycles. The molecule has 0 saturated heterocycles. The molecule has 0 amide bonds. The van der Waals surface area contributed by atoms with E-state index in [4.69, 9.17) is 0 Å². The van der Waals surface area contributed by atoms with Gasteiger partial charge >= 0.3 is 0 Å². The van der Waals surface area contributed by atoms with Crippen molar-refractivity contribution in [2.24, 2.45) is 0 Å². The Hall–Kier alpha value is -6.48. The zero-order chi connectivity index (χ0) is 35.2. The fourth-order valence-electron chi connectivity index (χ4n) is 7.59. The van der Waals surface area contributed by atoms with Gasteiger partial charge in [-0.2, -0.15) is 0 Å². The van der Waals surface area contributed by atoms with Crippen molar-refractivity contribution < 1.29 is 25.5 Å². The summed E-state index contributed by atoms with van der Waals surface area (Å²) in [6.07, 6.45) is 0. The van der Waals surface area contributed by atoms with Gasteiger partial charge in [-0.1, -0.05) is 91.0 Å². The Balaban J connectivity index is 1.24. The number of fused-ring (bicyclic) bond motifs is 9. The maximum atomic E-state index is 10.9. The van der Waals surface area contributed by atoms with Gasteiger partial charge in [-0.25, -0.2) is 0 Å². The van der Waals surface area contributed by atoms with Crippen molar-refractivity contribution in [2.45, 2.75) is 0 Å². The summed E-state index contributed by atoms with van der Waals surface area (Å²) in [7, 11) is 0. The molecule has 8 heteroatoms. The van der Waals surface area contributed by atoms with Crippen LogP contribution in [0.4, 0.5) is 17.1 Å². The molecule has 0 atom stereocenters. The standard InChI is InChI=1S/C44H27NO5S2/c46-40-39(41(47)43(49)44(50)42(40)48)31-18-19-33(28-10-4-3-9-27(28)31)45(24-14-16-30-29-11-5-6-12-34(29)51-36(30)21-24)25-15-17-32-37(22-25)52-35-20-13-23-7-1-2-8-26(23)38(32)35/h1-22,46-50H. The first-order valence-corrected chi connectivity index (χ1v) is 18.3. The zero-order valence-corrected chi connectivity index (χ0v) is 28.8. The van der Waals surface area contributed by atoms with Crippen LogP contribution >= 0.6 is 22.7 Å². The molecule has 250 valence electrons. The van der Waals surface area contributed by atoms with E-state index < -0.39 is 28.7 Å². The van der Waals surface area contributed by atoms with E-state index in [-0.39, 0.29) is 5.56 Å². The largest absolute Gasteiger partial charge is 0.504 e. The molecular formula is C44H27NO5S2. The summed E-state index contributed by atoms with van der Waals surface area (Å²) < 4.78 is 4.75. The maximum absolute atomic E-state index is 10.9. The first kappa shape index (κ1) is 30.4. The molecule has 2 heterocycles. The van der Waals surface area contributed by atoms with Crippen molar-refractivity contribution in [2.75, 3.05) is 4.90 Å². The lowest BCUT2D eigenvalue weighted by Crippen LogP contribution is -2.10. The lowest BCUT2D eigenvalue weighted by Gasteiger charge is -2.28. The highest BCUT2D eigenvalue weighted by atomic mass is 32.1. The van der Waals surface area contributed by atoms with Gasteiger partial charge in [0, 0.05) is 57.1 Å². The Bertz CT molecular complexity index is 3080. The van der Waals surface area contributed by atoms with Crippen molar-refractivity contribution in [3.05, 3.63) is 133 Å². The van der Waals surface area contributed by atoms with Crippen LogP contribution in [0.5, 0.6) is 28.7 Å². The number of benzene rings is 8. The molecule has 0 bridgehead atoms. The summed E-state index contributed by atoms with van der Waals surface area (Å²) in [5, 5.41) is 61.5. The second-order valence-electron chi connectivity index (χ2n) is 12.9. The Morgan fingerprint density at radius 2 is 0.942 bits per heavy atom. The van der Waals surface area contributed by atoms with Crippen LogP contribution in [-0.2, 0) is 0 Å². The zero-order valence-electron chi connectivity index (χ0n) is 27.2. The first-order valence-electron chi connectivity index (χ1n) is 16.6. The topological polar surface area (TPSA) is 104 Å². The molecule has 2 aromatic heterocycles. The highest BCUT2D eigenvalue weighted by molar-refractivity contribution is 7.26. The third-order valence-electron chi connectivity index (χ3n) is 10.0. The molecule has 52 heavy (non-hydrogen) atoms. The van der Waals surface area contributed by atoms with E-state index in [1.807, 2.05) is 30.3 Å². The summed E-state index contributed by atoms with van der Waals surface area (Å²) in [5.74, 6) is -4.30. The average Bonchev–Trinajstić information content (AvgIpc) is 3.75. The van der Waals surface area contributed by atoms with E-state index in [0.29, 0.717) is 10.9 Å². The van der Waals surface area contributed by atoms with Crippen LogP contribution < -0.4 is 4.90 Å². The molecule has 10 rings (SSSR count). The minimum atomic E-state index is -0.993. The highest BCUT2D eigenvalue weighted by Gasteiger charge is 2.27. The fraction of sp³-hybridized carbons (Fsp3) is 0. The molecule has 0 aliphatic rings. The lowest BCUT2D eigenvalue weighted by atomic mass is 9.94. The molecule has 0 aliphatic heterocycles. The lowest BCUT2D eigenvalue weighted by molar-refractivity contribution is 0.330. The fourth-order valence-corrected chi connectivity index (χ4v) is 9.89. The van der Waals surface area contributed by atoms with Crippen molar-refractivity contribution >= 4 is 102 Å². The minimum Gasteiger partial charge on any atom is -0.504 e. The van der Waals surface area contributed by atoms with E-state index in [1.165, 1.54) is 41.7 Å². The molecule has 0 unspecified atom stereocenters. The van der Waals surface area contributed by atoms with Gasteiger partial charge in [0.2, 0.25) is 17.2 Å². The van der Waals surface area contributed by atoms with Gasteiger partial charge in [-0.15, -0.1) is 22.7 Å². The highest BCUT2D eigenvalue weighted by Crippen LogP contribution is 2.56. The number of aromatic hydroxyl groups is 5. The number of nitrogens with zero attached hydrogens (tertiary/aromatic N) is 1. The number of phenolic OH excluding ortho intramolecular Hbond substituents is 5. The van der Waals surface area contributed by atoms with Crippen LogP contribution in [0, 0.1) is 0 Å². The van der Waals surface area contributed by atoms with Crippen LogP contribution in [-0.4, -0.2) is 25.5 Å². The van der Waals surface area contributed by atoms with Crippen LogP contribution in [0.1, 0.15) is 0 Å². The van der Waals surface area contributed by atoms with Crippen molar-refractivity contribution in [3.63, 3.8) is 0 Å². The van der Waals surface area contributed by atoms with Gasteiger partial charge < -0.3 is 30.4 Å². The molecule has 0 saturated carbocycles. The Morgan fingerprint density at radius 1 is 0.385 bits per heavy atom. The van der Waals surface area contributed by atoms with E-state index in [0.717, 1.165) is 31.8 Å². The molecule has 6 nitrogen and oxygen atoms in total. The van der Waals surface area contributed by atoms with Crippen molar-refractivity contribution in [3.8, 4) is 39.9 Å². The number of anilines is 3. The summed E-state index contributed by atoms with van der Waals surface area (Å²) in [6.45, 7) is 0. The second kappa shape index (κ2) is 11.3. The van der Waals surface area contributed by atoms with E-state index in [2.05, 4.69) is 102 Å². The van der Waals surface area contributed by atoms with Crippen LogP contribution in [0.15, 0.2) is 133 Å². The normalized spacial score (nSPS) is 11.8. The minimum absolute atomic E-state index is 0.187. The number of thiophene rings is 2. The summed E-state index contributed by atoms with van der Waals surface area (Å²) in [4.78, 5) is 2.23. The Labute approximate surface area is 304 Å². The van der Waals surface area contributed by atoms with Gasteiger partial charge in [0.25, 0.3) is 0 Å². The number of phenols is 5. The van der Waals surface area contributed by atoms with Crippen LogP contribution in [0.3, 0.4) is 0 Å². The molecule has 0 spiro atoms. The first-order chi connectivity index (χ1) is 25.4. The number of hydrogen-bond donors (Lipinski definition) is 5. The number of rotatable bonds is 4. The quantitative estimate of drug-likeness (QED) is 0.0919. The monoisotopic (exact) mass is 713 g/mol. The second-order valence-corrected chi connectivity index (χ2v) is 15.0. The van der Waals surface area contributed by atoms with Crippen LogP contribution in [0.25, 0.3) is 73.0 Å². The SMILES string of the molecule is Oc1c(O)c(O)c(-c2ccc(N(c3ccc4c(c3)sc3ccccc34)c3ccc4c(c3)sc3ccc5ccccc5c34)c3ccccc23)c(O)c1O. The summed E-state index contributed by atoms with van der Waals surface area (Å²) in [5.41, 5.74) is 2.93.